The minimum atomic E-state index is -0.729. The molecule has 0 aliphatic rings. The van der Waals surface area contributed by atoms with Crippen molar-refractivity contribution in [2.75, 3.05) is 7.11 Å². The number of halogens is 1. The van der Waals surface area contributed by atoms with Crippen LogP contribution in [0.25, 0.3) is 5.69 Å². The first kappa shape index (κ1) is 18.1. The van der Waals surface area contributed by atoms with E-state index in [0.29, 0.717) is 11.3 Å². The Morgan fingerprint density at radius 3 is 2.75 bits per heavy atom. The quantitative estimate of drug-likeness (QED) is 0.747. The first-order valence-electron chi connectivity index (χ1n) is 7.39. The zero-order valence-corrected chi connectivity index (χ0v) is 15.1. The number of carbonyl (C=O) groups excluding carboxylic acids is 2. The number of carbonyl (C=O) groups is 2. The van der Waals surface area contributed by atoms with Gasteiger partial charge in [0.05, 0.1) is 18.4 Å². The standard InChI is InChI=1S/C15H18BrN5O3/c1-4-9(2)13(15(23)24-3)18-14(22)11-7-10(16)5-6-12(11)21-8-17-19-20-21/h5-9,13H,4H2,1-3H3,(H,18,22)/t9-,13-/m0/s1. The van der Waals surface area contributed by atoms with Gasteiger partial charge in [-0.15, -0.1) is 5.10 Å². The molecule has 1 N–H and O–H groups in total. The van der Waals surface area contributed by atoms with Crippen LogP contribution < -0.4 is 5.32 Å². The number of hydrogen-bond donors (Lipinski definition) is 1. The van der Waals surface area contributed by atoms with Gasteiger partial charge in [0.1, 0.15) is 12.4 Å². The van der Waals surface area contributed by atoms with Crippen LogP contribution in [0.4, 0.5) is 0 Å². The highest BCUT2D eigenvalue weighted by molar-refractivity contribution is 9.10. The molecule has 0 bridgehead atoms. The second-order valence-electron chi connectivity index (χ2n) is 5.28. The van der Waals surface area contributed by atoms with Crippen LogP contribution in [0.2, 0.25) is 0 Å². The number of methoxy groups -OCH3 is 1. The Bertz CT molecular complexity index is 720. The van der Waals surface area contributed by atoms with E-state index in [1.54, 1.807) is 18.2 Å². The largest absolute Gasteiger partial charge is 0.467 e. The van der Waals surface area contributed by atoms with Crippen LogP contribution >= 0.6 is 15.9 Å². The Morgan fingerprint density at radius 1 is 1.42 bits per heavy atom. The molecule has 1 amide bonds. The van der Waals surface area contributed by atoms with Gasteiger partial charge in [0.2, 0.25) is 0 Å². The summed E-state index contributed by atoms with van der Waals surface area (Å²) in [6.07, 6.45) is 2.12. The Hall–Kier alpha value is -2.29. The van der Waals surface area contributed by atoms with Crippen molar-refractivity contribution in [1.82, 2.24) is 25.5 Å². The summed E-state index contributed by atoms with van der Waals surface area (Å²) in [5, 5.41) is 13.7. The number of rotatable bonds is 6. The summed E-state index contributed by atoms with van der Waals surface area (Å²) in [5.41, 5.74) is 0.849. The monoisotopic (exact) mass is 395 g/mol. The molecule has 0 unspecified atom stereocenters. The molecule has 1 aromatic carbocycles. The smallest absolute Gasteiger partial charge is 0.328 e. The van der Waals surface area contributed by atoms with Crippen LogP contribution in [0.5, 0.6) is 0 Å². The summed E-state index contributed by atoms with van der Waals surface area (Å²) in [7, 11) is 1.30. The maximum absolute atomic E-state index is 12.7. The second kappa shape index (κ2) is 8.00. The number of aromatic nitrogens is 4. The highest BCUT2D eigenvalue weighted by Crippen LogP contribution is 2.20. The average molecular weight is 396 g/mol. The molecule has 0 radical (unpaired) electrons. The van der Waals surface area contributed by atoms with E-state index in [1.807, 2.05) is 13.8 Å². The fourth-order valence-electron chi connectivity index (χ4n) is 2.18. The van der Waals surface area contributed by atoms with Gasteiger partial charge in [-0.3, -0.25) is 4.79 Å². The van der Waals surface area contributed by atoms with E-state index in [0.717, 1.165) is 10.9 Å². The summed E-state index contributed by atoms with van der Waals surface area (Å²) in [5.74, 6) is -0.945. The van der Waals surface area contributed by atoms with Gasteiger partial charge >= 0.3 is 5.97 Å². The van der Waals surface area contributed by atoms with Crippen LogP contribution in [0.1, 0.15) is 30.6 Å². The maximum Gasteiger partial charge on any atom is 0.328 e. The van der Waals surface area contributed by atoms with Crippen LogP contribution in [0.15, 0.2) is 29.0 Å². The maximum atomic E-state index is 12.7. The van der Waals surface area contributed by atoms with Crippen LogP contribution in [-0.2, 0) is 9.53 Å². The predicted octanol–water partition coefficient (Wildman–Crippen LogP) is 1.74. The van der Waals surface area contributed by atoms with Crippen molar-refractivity contribution < 1.29 is 14.3 Å². The second-order valence-corrected chi connectivity index (χ2v) is 6.19. The minimum Gasteiger partial charge on any atom is -0.467 e. The fourth-order valence-corrected chi connectivity index (χ4v) is 2.54. The van der Waals surface area contributed by atoms with Crippen LogP contribution in [-0.4, -0.2) is 45.2 Å². The molecule has 0 saturated heterocycles. The van der Waals surface area contributed by atoms with Crippen molar-refractivity contribution >= 4 is 27.8 Å². The molecular weight excluding hydrogens is 378 g/mol. The SMILES string of the molecule is CC[C@H](C)[C@H](NC(=O)c1cc(Br)ccc1-n1cnnn1)C(=O)OC. The molecule has 1 heterocycles. The lowest BCUT2D eigenvalue weighted by Gasteiger charge is -2.22. The molecule has 0 aliphatic heterocycles. The third-order valence-corrected chi connectivity index (χ3v) is 4.25. The molecule has 9 heteroatoms. The Kier molecular flexibility index (Phi) is 6.02. The number of amides is 1. The highest BCUT2D eigenvalue weighted by Gasteiger charge is 2.28. The number of tetrazole rings is 1. The van der Waals surface area contributed by atoms with Gasteiger partial charge < -0.3 is 10.1 Å². The Labute approximate surface area is 147 Å². The molecule has 128 valence electrons. The van der Waals surface area contributed by atoms with Crippen molar-refractivity contribution in [3.05, 3.63) is 34.6 Å². The molecule has 0 spiro atoms. The summed E-state index contributed by atoms with van der Waals surface area (Å²) in [6, 6.07) is 4.41. The number of hydrogen-bond acceptors (Lipinski definition) is 6. The molecule has 0 fully saturated rings. The molecule has 0 saturated carbocycles. The molecular formula is C15H18BrN5O3. The fraction of sp³-hybridized carbons (Fsp3) is 0.400. The van der Waals surface area contributed by atoms with Crippen molar-refractivity contribution in [2.24, 2.45) is 5.92 Å². The van der Waals surface area contributed by atoms with Crippen molar-refractivity contribution in [1.29, 1.82) is 0 Å². The first-order valence-corrected chi connectivity index (χ1v) is 8.18. The average Bonchev–Trinajstić information content (AvgIpc) is 3.12. The van der Waals surface area contributed by atoms with Gasteiger partial charge in [-0.1, -0.05) is 36.2 Å². The van der Waals surface area contributed by atoms with E-state index < -0.39 is 17.9 Å². The van der Waals surface area contributed by atoms with E-state index in [9.17, 15) is 9.59 Å². The van der Waals surface area contributed by atoms with E-state index in [-0.39, 0.29) is 5.92 Å². The number of nitrogens with zero attached hydrogens (tertiary/aromatic N) is 4. The van der Waals surface area contributed by atoms with Gasteiger partial charge in [-0.2, -0.15) is 4.68 Å². The van der Waals surface area contributed by atoms with Gasteiger partial charge in [-0.05, 0) is 34.5 Å². The highest BCUT2D eigenvalue weighted by atomic mass is 79.9. The van der Waals surface area contributed by atoms with Crippen molar-refractivity contribution in [3.63, 3.8) is 0 Å². The third-order valence-electron chi connectivity index (χ3n) is 3.75. The lowest BCUT2D eigenvalue weighted by atomic mass is 9.98. The van der Waals surface area contributed by atoms with Gasteiger partial charge in [0.25, 0.3) is 5.91 Å². The molecule has 1 aromatic heterocycles. The molecule has 2 aromatic rings. The number of benzene rings is 1. The van der Waals surface area contributed by atoms with Crippen molar-refractivity contribution in [3.8, 4) is 5.69 Å². The summed E-state index contributed by atoms with van der Waals surface area (Å²) in [6.45, 7) is 3.82. The topological polar surface area (TPSA) is 99.0 Å². The van der Waals surface area contributed by atoms with E-state index in [4.69, 9.17) is 4.74 Å². The molecule has 2 rings (SSSR count). The molecule has 24 heavy (non-hydrogen) atoms. The Balaban J connectivity index is 2.35. The van der Waals surface area contributed by atoms with Crippen LogP contribution in [0, 0.1) is 5.92 Å². The van der Waals surface area contributed by atoms with Crippen LogP contribution in [0.3, 0.4) is 0 Å². The normalized spacial score (nSPS) is 13.2. The lowest BCUT2D eigenvalue weighted by molar-refractivity contribution is -0.144. The van der Waals surface area contributed by atoms with Gasteiger partial charge in [0.15, 0.2) is 0 Å². The minimum absolute atomic E-state index is 0.0648. The van der Waals surface area contributed by atoms with E-state index in [2.05, 4.69) is 36.8 Å². The summed E-state index contributed by atoms with van der Waals surface area (Å²) in [4.78, 5) is 24.7. The molecule has 2 atom stereocenters. The van der Waals surface area contributed by atoms with Crippen molar-refractivity contribution in [2.45, 2.75) is 26.3 Å². The number of esters is 1. The third kappa shape index (κ3) is 3.97. The lowest BCUT2D eigenvalue weighted by Crippen LogP contribution is -2.45. The van der Waals surface area contributed by atoms with Gasteiger partial charge in [0, 0.05) is 4.47 Å². The molecule has 8 nitrogen and oxygen atoms in total. The first-order chi connectivity index (χ1) is 11.5. The summed E-state index contributed by atoms with van der Waals surface area (Å²) < 4.78 is 6.91. The number of nitrogens with one attached hydrogen (secondary N) is 1. The van der Waals surface area contributed by atoms with E-state index >= 15 is 0 Å². The predicted molar refractivity (Wildman–Crippen MR) is 89.6 cm³/mol. The Morgan fingerprint density at radius 2 is 2.17 bits per heavy atom. The number of ether oxygens (including phenoxy) is 1. The van der Waals surface area contributed by atoms with E-state index in [1.165, 1.54) is 18.1 Å². The van der Waals surface area contributed by atoms with Gasteiger partial charge in [-0.25, -0.2) is 4.79 Å². The zero-order valence-electron chi connectivity index (χ0n) is 13.6. The summed E-state index contributed by atoms with van der Waals surface area (Å²) >= 11 is 3.35. The zero-order chi connectivity index (χ0) is 17.7. The molecule has 0 aliphatic carbocycles.